The van der Waals surface area contributed by atoms with Crippen LogP contribution in [0.25, 0.3) is 0 Å². The third-order valence-electron chi connectivity index (χ3n) is 4.32. The molecule has 0 unspecified atom stereocenters. The number of benzene rings is 3. The second-order valence-corrected chi connectivity index (χ2v) is 6.52. The number of primary amides is 1. The first kappa shape index (κ1) is 21.4. The number of hydrogen-bond donors (Lipinski definition) is 3. The van der Waals surface area contributed by atoms with Crippen molar-refractivity contribution in [3.05, 3.63) is 89.5 Å². The van der Waals surface area contributed by atoms with E-state index in [4.69, 9.17) is 15.2 Å². The summed E-state index contributed by atoms with van der Waals surface area (Å²) in [6, 6.07) is 19.3. The van der Waals surface area contributed by atoms with Crippen LogP contribution in [0.15, 0.2) is 72.8 Å². The van der Waals surface area contributed by atoms with Crippen LogP contribution in [0.4, 0.5) is 16.2 Å². The van der Waals surface area contributed by atoms with Gasteiger partial charge in [-0.05, 0) is 66.2 Å². The molecule has 3 rings (SSSR count). The van der Waals surface area contributed by atoms with Crippen LogP contribution in [0.1, 0.15) is 26.3 Å². The van der Waals surface area contributed by atoms with E-state index in [2.05, 4.69) is 10.6 Å². The molecule has 0 aliphatic rings. The Kier molecular flexibility index (Phi) is 6.85. The minimum Gasteiger partial charge on any atom is -0.497 e. The van der Waals surface area contributed by atoms with E-state index >= 15 is 0 Å². The highest BCUT2D eigenvalue weighted by Crippen LogP contribution is 2.17. The molecule has 4 N–H and O–H groups in total. The maximum absolute atomic E-state index is 12.4. The summed E-state index contributed by atoms with van der Waals surface area (Å²) >= 11 is 0. The standard InChI is InChI=1S/C23H21N3O5/c1-30-20-12-10-18(11-13-20)25-21(27)16-4-2-15(3-5-16)14-31-22(28)17-6-8-19(9-7-17)26-23(24)29/h2-13H,14H2,1H3,(H,25,27)(H3,24,26,29). The summed E-state index contributed by atoms with van der Waals surface area (Å²) in [7, 11) is 1.58. The second-order valence-electron chi connectivity index (χ2n) is 6.52. The summed E-state index contributed by atoms with van der Waals surface area (Å²) in [6.07, 6.45) is 0. The number of ether oxygens (including phenoxy) is 2. The summed E-state index contributed by atoms with van der Waals surface area (Å²) < 4.78 is 10.4. The number of nitrogens with two attached hydrogens (primary N) is 1. The van der Waals surface area contributed by atoms with Gasteiger partial charge in [0, 0.05) is 16.9 Å². The number of carbonyl (C=O) groups is 3. The minimum atomic E-state index is -0.684. The van der Waals surface area contributed by atoms with Gasteiger partial charge in [-0.25, -0.2) is 9.59 Å². The molecule has 0 spiro atoms. The molecule has 0 aliphatic heterocycles. The molecule has 158 valence electrons. The molecule has 3 amide bonds. The zero-order valence-corrected chi connectivity index (χ0v) is 16.8. The highest BCUT2D eigenvalue weighted by atomic mass is 16.5. The fourth-order valence-corrected chi connectivity index (χ4v) is 2.69. The molecular weight excluding hydrogens is 398 g/mol. The van der Waals surface area contributed by atoms with Crippen LogP contribution in [0.5, 0.6) is 5.75 Å². The molecule has 0 atom stereocenters. The number of anilines is 2. The van der Waals surface area contributed by atoms with Gasteiger partial charge in [0.1, 0.15) is 12.4 Å². The Bertz CT molecular complexity index is 1060. The van der Waals surface area contributed by atoms with Crippen molar-refractivity contribution in [2.75, 3.05) is 17.7 Å². The zero-order valence-electron chi connectivity index (χ0n) is 16.8. The summed E-state index contributed by atoms with van der Waals surface area (Å²) in [4.78, 5) is 35.3. The lowest BCUT2D eigenvalue weighted by molar-refractivity contribution is 0.0472. The second kappa shape index (κ2) is 9.93. The van der Waals surface area contributed by atoms with Crippen molar-refractivity contribution < 1.29 is 23.9 Å². The van der Waals surface area contributed by atoms with Crippen LogP contribution in [-0.4, -0.2) is 25.0 Å². The van der Waals surface area contributed by atoms with E-state index in [-0.39, 0.29) is 12.5 Å². The number of hydrogen-bond acceptors (Lipinski definition) is 5. The molecule has 3 aromatic carbocycles. The van der Waals surface area contributed by atoms with Crippen molar-refractivity contribution in [1.82, 2.24) is 0 Å². The van der Waals surface area contributed by atoms with Crippen molar-refractivity contribution in [3.8, 4) is 5.75 Å². The SMILES string of the molecule is COc1ccc(NC(=O)c2ccc(COC(=O)c3ccc(NC(N)=O)cc3)cc2)cc1. The van der Waals surface area contributed by atoms with E-state index in [1.807, 2.05) is 0 Å². The van der Waals surface area contributed by atoms with Crippen LogP contribution in [0, 0.1) is 0 Å². The van der Waals surface area contributed by atoms with Gasteiger partial charge in [0.05, 0.1) is 12.7 Å². The monoisotopic (exact) mass is 419 g/mol. The number of esters is 1. The van der Waals surface area contributed by atoms with Gasteiger partial charge < -0.3 is 25.8 Å². The van der Waals surface area contributed by atoms with E-state index in [0.717, 1.165) is 5.56 Å². The van der Waals surface area contributed by atoms with Crippen LogP contribution >= 0.6 is 0 Å². The highest BCUT2D eigenvalue weighted by Gasteiger charge is 2.10. The molecule has 0 fully saturated rings. The van der Waals surface area contributed by atoms with E-state index in [0.29, 0.717) is 28.3 Å². The van der Waals surface area contributed by atoms with Gasteiger partial charge in [0.15, 0.2) is 0 Å². The van der Waals surface area contributed by atoms with E-state index in [1.54, 1.807) is 67.8 Å². The van der Waals surface area contributed by atoms with Gasteiger partial charge in [-0.15, -0.1) is 0 Å². The zero-order chi connectivity index (χ0) is 22.2. The maximum atomic E-state index is 12.4. The summed E-state index contributed by atoms with van der Waals surface area (Å²) in [5, 5.41) is 5.21. The van der Waals surface area contributed by atoms with Crippen LogP contribution < -0.4 is 21.1 Å². The van der Waals surface area contributed by atoms with E-state index in [9.17, 15) is 14.4 Å². The Morgan fingerprint density at radius 1 is 0.774 bits per heavy atom. The molecule has 8 nitrogen and oxygen atoms in total. The molecule has 8 heteroatoms. The highest BCUT2D eigenvalue weighted by molar-refractivity contribution is 6.04. The smallest absolute Gasteiger partial charge is 0.338 e. The molecule has 0 bridgehead atoms. The maximum Gasteiger partial charge on any atom is 0.338 e. The van der Waals surface area contributed by atoms with Gasteiger partial charge >= 0.3 is 12.0 Å². The fraction of sp³-hybridized carbons (Fsp3) is 0.0870. The van der Waals surface area contributed by atoms with Crippen molar-refractivity contribution in [2.45, 2.75) is 6.61 Å². The van der Waals surface area contributed by atoms with Crippen molar-refractivity contribution in [3.63, 3.8) is 0 Å². The Balaban J connectivity index is 1.53. The molecule has 0 heterocycles. The Labute approximate surface area is 179 Å². The molecule has 0 radical (unpaired) electrons. The largest absolute Gasteiger partial charge is 0.497 e. The first-order valence-corrected chi connectivity index (χ1v) is 9.32. The van der Waals surface area contributed by atoms with Crippen LogP contribution in [0.3, 0.4) is 0 Å². The predicted molar refractivity (Wildman–Crippen MR) is 116 cm³/mol. The van der Waals surface area contributed by atoms with Crippen molar-refractivity contribution in [1.29, 1.82) is 0 Å². The van der Waals surface area contributed by atoms with Gasteiger partial charge in [-0.3, -0.25) is 4.79 Å². The molecule has 0 saturated heterocycles. The third kappa shape index (κ3) is 6.07. The lowest BCUT2D eigenvalue weighted by atomic mass is 10.1. The Hall–Kier alpha value is -4.33. The minimum absolute atomic E-state index is 0.0561. The normalized spacial score (nSPS) is 10.1. The quantitative estimate of drug-likeness (QED) is 0.503. The van der Waals surface area contributed by atoms with Crippen LogP contribution in [-0.2, 0) is 11.3 Å². The number of nitrogens with one attached hydrogen (secondary N) is 2. The number of carbonyl (C=O) groups excluding carboxylic acids is 3. The van der Waals surface area contributed by atoms with Gasteiger partial charge in [0.2, 0.25) is 0 Å². The number of urea groups is 1. The Morgan fingerprint density at radius 3 is 1.90 bits per heavy atom. The summed E-state index contributed by atoms with van der Waals surface area (Å²) in [5.41, 5.74) is 7.73. The first-order chi connectivity index (χ1) is 14.9. The molecule has 3 aromatic rings. The molecule has 0 saturated carbocycles. The average Bonchev–Trinajstić information content (AvgIpc) is 2.78. The predicted octanol–water partition coefficient (Wildman–Crippen LogP) is 3.80. The first-order valence-electron chi connectivity index (χ1n) is 9.32. The lowest BCUT2D eigenvalue weighted by Gasteiger charge is -2.08. The van der Waals surface area contributed by atoms with E-state index in [1.165, 1.54) is 12.1 Å². The van der Waals surface area contributed by atoms with Gasteiger partial charge in [0.25, 0.3) is 5.91 Å². The van der Waals surface area contributed by atoms with Gasteiger partial charge in [-0.1, -0.05) is 12.1 Å². The Morgan fingerprint density at radius 2 is 1.32 bits per heavy atom. The molecule has 0 aliphatic carbocycles. The van der Waals surface area contributed by atoms with Crippen molar-refractivity contribution >= 4 is 29.3 Å². The summed E-state index contributed by atoms with van der Waals surface area (Å²) in [5.74, 6) is -0.0551. The average molecular weight is 419 g/mol. The number of amides is 3. The number of rotatable bonds is 7. The fourth-order valence-electron chi connectivity index (χ4n) is 2.69. The topological polar surface area (TPSA) is 120 Å². The van der Waals surface area contributed by atoms with Crippen LogP contribution in [0.2, 0.25) is 0 Å². The van der Waals surface area contributed by atoms with E-state index < -0.39 is 12.0 Å². The number of methoxy groups -OCH3 is 1. The van der Waals surface area contributed by atoms with Gasteiger partial charge in [-0.2, -0.15) is 0 Å². The van der Waals surface area contributed by atoms with Crippen molar-refractivity contribution in [2.24, 2.45) is 5.73 Å². The third-order valence-corrected chi connectivity index (χ3v) is 4.32. The summed E-state index contributed by atoms with van der Waals surface area (Å²) in [6.45, 7) is 0.0561. The molecule has 31 heavy (non-hydrogen) atoms. The molecule has 0 aromatic heterocycles. The lowest BCUT2D eigenvalue weighted by Crippen LogP contribution is -2.19. The molecular formula is C23H21N3O5.